The minimum atomic E-state index is -0.410. The maximum Gasteiger partial charge on any atom is 0.248 e. The van der Waals surface area contributed by atoms with Gasteiger partial charge in [0.05, 0.1) is 6.10 Å². The minimum Gasteiger partial charge on any atom is -0.393 e. The summed E-state index contributed by atoms with van der Waals surface area (Å²) in [6, 6.07) is 7.14. The second kappa shape index (κ2) is 4.77. The number of carbonyl (C=O) groups excluding carboxylic acids is 1. The van der Waals surface area contributed by atoms with Crippen molar-refractivity contribution in [3.05, 3.63) is 35.4 Å². The van der Waals surface area contributed by atoms with Gasteiger partial charge in [0.1, 0.15) is 0 Å². The lowest BCUT2D eigenvalue weighted by Crippen LogP contribution is -2.10. The molecular weight excluding hydrogens is 178 g/mol. The molecule has 0 spiro atoms. The molecule has 1 aromatic carbocycles. The Bertz CT molecular complexity index is 304. The summed E-state index contributed by atoms with van der Waals surface area (Å²) in [5, 5.41) is 9.08. The summed E-state index contributed by atoms with van der Waals surface area (Å²) in [6.07, 6.45) is 1.26. The highest BCUT2D eigenvalue weighted by molar-refractivity contribution is 5.92. The quantitative estimate of drug-likeness (QED) is 0.752. The van der Waals surface area contributed by atoms with Crippen LogP contribution in [0, 0.1) is 0 Å². The Morgan fingerprint density at radius 3 is 2.43 bits per heavy atom. The molecule has 0 saturated carbocycles. The first-order valence-electron chi connectivity index (χ1n) is 4.66. The third-order valence-electron chi connectivity index (χ3n) is 2.09. The molecule has 0 saturated heterocycles. The van der Waals surface area contributed by atoms with Gasteiger partial charge < -0.3 is 10.8 Å². The fraction of sp³-hybridized carbons (Fsp3) is 0.364. The van der Waals surface area contributed by atoms with Crippen LogP contribution in [0.5, 0.6) is 0 Å². The fourth-order valence-corrected chi connectivity index (χ4v) is 1.21. The molecule has 0 bridgehead atoms. The molecule has 0 aliphatic rings. The lowest BCUT2D eigenvalue weighted by atomic mass is 10.1. The number of nitrogens with two attached hydrogens (primary N) is 1. The molecule has 76 valence electrons. The summed E-state index contributed by atoms with van der Waals surface area (Å²) in [7, 11) is 0. The van der Waals surface area contributed by atoms with Gasteiger partial charge in [-0.2, -0.15) is 0 Å². The van der Waals surface area contributed by atoms with Crippen LogP contribution in [0.2, 0.25) is 0 Å². The van der Waals surface area contributed by atoms with Crippen molar-refractivity contribution in [1.82, 2.24) is 0 Å². The van der Waals surface area contributed by atoms with Crippen LogP contribution in [0.25, 0.3) is 0 Å². The van der Waals surface area contributed by atoms with Crippen molar-refractivity contribution in [3.8, 4) is 0 Å². The number of hydrogen-bond acceptors (Lipinski definition) is 2. The highest BCUT2D eigenvalue weighted by atomic mass is 16.3. The first kappa shape index (κ1) is 10.7. The Labute approximate surface area is 83.6 Å². The molecule has 1 unspecified atom stereocenters. The maximum absolute atomic E-state index is 10.8. The fourth-order valence-electron chi connectivity index (χ4n) is 1.21. The van der Waals surface area contributed by atoms with E-state index in [-0.39, 0.29) is 6.10 Å². The Balaban J connectivity index is 2.60. The van der Waals surface area contributed by atoms with Gasteiger partial charge in [0.15, 0.2) is 0 Å². The minimum absolute atomic E-state index is 0.286. The summed E-state index contributed by atoms with van der Waals surface area (Å²) < 4.78 is 0. The Morgan fingerprint density at radius 1 is 1.43 bits per heavy atom. The normalized spacial score (nSPS) is 12.4. The monoisotopic (exact) mass is 193 g/mol. The zero-order valence-electron chi connectivity index (χ0n) is 8.23. The van der Waals surface area contributed by atoms with E-state index in [1.807, 2.05) is 12.1 Å². The SMILES string of the molecule is CC(O)CCc1ccc(C(N)=O)cc1. The first-order chi connectivity index (χ1) is 6.59. The molecule has 1 rings (SSSR count). The van der Waals surface area contributed by atoms with Crippen LogP contribution < -0.4 is 5.73 Å². The summed E-state index contributed by atoms with van der Waals surface area (Å²) in [6.45, 7) is 1.76. The predicted molar refractivity (Wildman–Crippen MR) is 55.0 cm³/mol. The zero-order chi connectivity index (χ0) is 10.6. The smallest absolute Gasteiger partial charge is 0.248 e. The number of amides is 1. The van der Waals surface area contributed by atoms with Crippen molar-refractivity contribution < 1.29 is 9.90 Å². The van der Waals surface area contributed by atoms with E-state index in [4.69, 9.17) is 10.8 Å². The van der Waals surface area contributed by atoms with Crippen LogP contribution in [0.15, 0.2) is 24.3 Å². The molecule has 0 aromatic heterocycles. The topological polar surface area (TPSA) is 63.3 Å². The first-order valence-corrected chi connectivity index (χ1v) is 4.66. The summed E-state index contributed by atoms with van der Waals surface area (Å²) in [4.78, 5) is 10.8. The number of aliphatic hydroxyl groups is 1. The van der Waals surface area contributed by atoms with Crippen LogP contribution in [0.3, 0.4) is 0 Å². The standard InChI is InChI=1S/C11H15NO2/c1-8(13)2-3-9-4-6-10(7-5-9)11(12)14/h4-8,13H,2-3H2,1H3,(H2,12,14). The molecule has 0 fully saturated rings. The number of aliphatic hydroxyl groups excluding tert-OH is 1. The molecule has 3 nitrogen and oxygen atoms in total. The maximum atomic E-state index is 10.8. The van der Waals surface area contributed by atoms with Gasteiger partial charge in [0.25, 0.3) is 0 Å². The Morgan fingerprint density at radius 2 is 2.00 bits per heavy atom. The van der Waals surface area contributed by atoms with E-state index in [1.165, 1.54) is 0 Å². The number of carbonyl (C=O) groups is 1. The van der Waals surface area contributed by atoms with E-state index in [2.05, 4.69) is 0 Å². The number of hydrogen-bond donors (Lipinski definition) is 2. The van der Waals surface area contributed by atoms with Gasteiger partial charge in [-0.25, -0.2) is 0 Å². The average Bonchev–Trinajstić information content (AvgIpc) is 2.15. The van der Waals surface area contributed by atoms with Crippen molar-refractivity contribution >= 4 is 5.91 Å². The van der Waals surface area contributed by atoms with Crippen LogP contribution >= 0.6 is 0 Å². The lowest BCUT2D eigenvalue weighted by Gasteiger charge is -2.04. The Hall–Kier alpha value is -1.35. The van der Waals surface area contributed by atoms with E-state index in [9.17, 15) is 4.79 Å². The van der Waals surface area contributed by atoms with Gasteiger partial charge in [-0.05, 0) is 37.5 Å². The number of primary amides is 1. The van der Waals surface area contributed by atoms with E-state index in [0.29, 0.717) is 5.56 Å². The van der Waals surface area contributed by atoms with E-state index in [0.717, 1.165) is 18.4 Å². The van der Waals surface area contributed by atoms with Crippen LogP contribution in [0.1, 0.15) is 29.3 Å². The predicted octanol–water partition coefficient (Wildman–Crippen LogP) is 1.10. The lowest BCUT2D eigenvalue weighted by molar-refractivity contribution is 0.1000. The van der Waals surface area contributed by atoms with Gasteiger partial charge in [-0.1, -0.05) is 12.1 Å². The summed E-state index contributed by atoms with van der Waals surface area (Å²) in [5.74, 6) is -0.410. The molecule has 0 aliphatic carbocycles. The highest BCUT2D eigenvalue weighted by Crippen LogP contribution is 2.07. The highest BCUT2D eigenvalue weighted by Gasteiger charge is 2.01. The molecule has 3 N–H and O–H groups in total. The molecule has 3 heteroatoms. The molecular formula is C11H15NO2. The van der Waals surface area contributed by atoms with E-state index < -0.39 is 5.91 Å². The van der Waals surface area contributed by atoms with Gasteiger partial charge in [-0.3, -0.25) is 4.79 Å². The van der Waals surface area contributed by atoms with Crippen LogP contribution in [-0.4, -0.2) is 17.1 Å². The second-order valence-corrected chi connectivity index (χ2v) is 3.45. The second-order valence-electron chi connectivity index (χ2n) is 3.45. The number of aryl methyl sites for hydroxylation is 1. The Kier molecular flexibility index (Phi) is 3.65. The van der Waals surface area contributed by atoms with Crippen molar-refractivity contribution in [1.29, 1.82) is 0 Å². The van der Waals surface area contributed by atoms with Crippen LogP contribution in [0.4, 0.5) is 0 Å². The largest absolute Gasteiger partial charge is 0.393 e. The molecule has 0 heterocycles. The van der Waals surface area contributed by atoms with Gasteiger partial charge >= 0.3 is 0 Å². The van der Waals surface area contributed by atoms with Gasteiger partial charge in [0.2, 0.25) is 5.91 Å². The van der Waals surface area contributed by atoms with E-state index >= 15 is 0 Å². The third-order valence-corrected chi connectivity index (χ3v) is 2.09. The van der Waals surface area contributed by atoms with Gasteiger partial charge in [-0.15, -0.1) is 0 Å². The molecule has 0 radical (unpaired) electrons. The molecule has 1 amide bonds. The van der Waals surface area contributed by atoms with Crippen LogP contribution in [-0.2, 0) is 6.42 Å². The van der Waals surface area contributed by atoms with Gasteiger partial charge in [0, 0.05) is 5.56 Å². The van der Waals surface area contributed by atoms with Crippen molar-refractivity contribution in [3.63, 3.8) is 0 Å². The van der Waals surface area contributed by atoms with Crippen molar-refractivity contribution in [2.24, 2.45) is 5.73 Å². The summed E-state index contributed by atoms with van der Waals surface area (Å²) in [5.41, 5.74) is 6.73. The molecule has 1 aromatic rings. The number of rotatable bonds is 4. The van der Waals surface area contributed by atoms with E-state index in [1.54, 1.807) is 19.1 Å². The molecule has 0 aliphatic heterocycles. The average molecular weight is 193 g/mol. The summed E-state index contributed by atoms with van der Waals surface area (Å²) >= 11 is 0. The molecule has 14 heavy (non-hydrogen) atoms. The van der Waals surface area contributed by atoms with Crippen molar-refractivity contribution in [2.75, 3.05) is 0 Å². The third kappa shape index (κ3) is 3.18. The van der Waals surface area contributed by atoms with Crippen molar-refractivity contribution in [2.45, 2.75) is 25.9 Å². The number of benzene rings is 1. The molecule has 1 atom stereocenters. The zero-order valence-corrected chi connectivity index (χ0v) is 8.23.